The van der Waals surface area contributed by atoms with Crippen LogP contribution >= 0.6 is 22.9 Å². The quantitative estimate of drug-likeness (QED) is 0.474. The number of ether oxygens (including phenoxy) is 2. The van der Waals surface area contributed by atoms with E-state index in [-0.39, 0.29) is 12.7 Å². The van der Waals surface area contributed by atoms with Crippen molar-refractivity contribution >= 4 is 50.4 Å². The summed E-state index contributed by atoms with van der Waals surface area (Å²) in [6.45, 7) is 0.221. The van der Waals surface area contributed by atoms with Gasteiger partial charge in [0.15, 0.2) is 11.5 Å². The fourth-order valence-corrected chi connectivity index (χ4v) is 4.22. The first-order chi connectivity index (χ1) is 14.1. The molecule has 0 radical (unpaired) electrons. The number of nitrogen functional groups attached to an aromatic ring is 1. The molecule has 0 spiro atoms. The first kappa shape index (κ1) is 17.8. The number of pyridine rings is 1. The molecule has 0 atom stereocenters. The molecular formula is C21H14ClN3O3S. The minimum absolute atomic E-state index is 0.221. The van der Waals surface area contributed by atoms with Crippen molar-refractivity contribution in [2.75, 3.05) is 17.8 Å². The van der Waals surface area contributed by atoms with Gasteiger partial charge in [0.2, 0.25) is 6.79 Å². The van der Waals surface area contributed by atoms with E-state index in [1.54, 1.807) is 24.3 Å². The van der Waals surface area contributed by atoms with E-state index in [2.05, 4.69) is 5.32 Å². The van der Waals surface area contributed by atoms with Gasteiger partial charge in [0.1, 0.15) is 9.71 Å². The van der Waals surface area contributed by atoms with Crippen LogP contribution in [0.25, 0.3) is 21.5 Å². The molecule has 1 amide bonds. The second-order valence-corrected chi connectivity index (χ2v) is 7.86. The normalized spacial score (nSPS) is 12.3. The molecule has 8 heteroatoms. The molecule has 5 rings (SSSR count). The number of benzene rings is 2. The van der Waals surface area contributed by atoms with Crippen LogP contribution in [-0.4, -0.2) is 17.7 Å². The summed E-state index contributed by atoms with van der Waals surface area (Å²) in [5.41, 5.74) is 8.96. The summed E-state index contributed by atoms with van der Waals surface area (Å²) < 4.78 is 10.8. The zero-order chi connectivity index (χ0) is 20.0. The predicted molar refractivity (Wildman–Crippen MR) is 115 cm³/mol. The van der Waals surface area contributed by atoms with Crippen LogP contribution in [-0.2, 0) is 0 Å². The monoisotopic (exact) mass is 423 g/mol. The van der Waals surface area contributed by atoms with Crippen LogP contribution in [0, 0.1) is 0 Å². The maximum absolute atomic E-state index is 12.7. The number of rotatable bonds is 3. The lowest BCUT2D eigenvalue weighted by Gasteiger charge is -2.04. The molecule has 1 aliphatic rings. The highest BCUT2D eigenvalue weighted by Crippen LogP contribution is 2.38. The number of aromatic nitrogens is 1. The van der Waals surface area contributed by atoms with Gasteiger partial charge in [-0.3, -0.25) is 4.79 Å². The van der Waals surface area contributed by atoms with Gasteiger partial charge < -0.3 is 20.5 Å². The van der Waals surface area contributed by atoms with Gasteiger partial charge in [0, 0.05) is 21.7 Å². The number of nitrogens with zero attached hydrogens (tertiary/aromatic N) is 1. The Balaban J connectivity index is 1.48. The fraction of sp³-hybridized carbons (Fsp3) is 0.0476. The number of amides is 1. The molecule has 0 bridgehead atoms. The first-order valence-electron chi connectivity index (χ1n) is 8.74. The summed E-state index contributed by atoms with van der Waals surface area (Å²) in [5.74, 6) is 1.13. The maximum Gasteiger partial charge on any atom is 0.267 e. The molecule has 1 aliphatic heterocycles. The van der Waals surface area contributed by atoms with Crippen molar-refractivity contribution < 1.29 is 14.3 Å². The lowest BCUT2D eigenvalue weighted by molar-refractivity contribution is 0.103. The van der Waals surface area contributed by atoms with E-state index in [1.165, 1.54) is 11.3 Å². The average Bonchev–Trinajstić information content (AvgIpc) is 3.33. The van der Waals surface area contributed by atoms with Crippen LogP contribution < -0.4 is 20.5 Å². The van der Waals surface area contributed by atoms with Crippen LogP contribution in [0.2, 0.25) is 5.02 Å². The summed E-state index contributed by atoms with van der Waals surface area (Å²) >= 11 is 7.15. The zero-order valence-electron chi connectivity index (χ0n) is 14.9. The third kappa shape index (κ3) is 3.24. The Morgan fingerprint density at radius 3 is 2.69 bits per heavy atom. The van der Waals surface area contributed by atoms with Crippen molar-refractivity contribution in [3.63, 3.8) is 0 Å². The Kier molecular flexibility index (Phi) is 4.26. The van der Waals surface area contributed by atoms with Gasteiger partial charge in [-0.05, 0) is 54.6 Å². The Bertz CT molecular complexity index is 1250. The van der Waals surface area contributed by atoms with E-state index in [4.69, 9.17) is 31.8 Å². The molecule has 3 N–H and O–H groups in total. The highest BCUT2D eigenvalue weighted by atomic mass is 35.5. The zero-order valence-corrected chi connectivity index (χ0v) is 16.5. The van der Waals surface area contributed by atoms with Crippen LogP contribution in [0.15, 0.2) is 54.6 Å². The summed E-state index contributed by atoms with van der Waals surface area (Å²) in [4.78, 5) is 18.5. The van der Waals surface area contributed by atoms with E-state index in [1.807, 2.05) is 30.3 Å². The highest BCUT2D eigenvalue weighted by molar-refractivity contribution is 7.21. The first-order valence-corrected chi connectivity index (χ1v) is 9.94. The average molecular weight is 424 g/mol. The van der Waals surface area contributed by atoms with Crippen LogP contribution in [0.4, 0.5) is 11.4 Å². The number of hydrogen-bond donors (Lipinski definition) is 2. The SMILES string of the molecule is Nc1c(C(=O)Nc2ccc(Cl)cc2)sc2nc(-c3ccc4c(c3)OCO4)ccc12. The van der Waals surface area contributed by atoms with E-state index in [0.29, 0.717) is 31.9 Å². The van der Waals surface area contributed by atoms with Crippen LogP contribution in [0.5, 0.6) is 11.5 Å². The molecule has 2 aromatic heterocycles. The number of nitrogens with one attached hydrogen (secondary N) is 1. The highest BCUT2D eigenvalue weighted by Gasteiger charge is 2.19. The van der Waals surface area contributed by atoms with Gasteiger partial charge in [-0.15, -0.1) is 11.3 Å². The molecule has 2 aromatic carbocycles. The lowest BCUT2D eigenvalue weighted by atomic mass is 10.1. The van der Waals surface area contributed by atoms with Crippen LogP contribution in [0.1, 0.15) is 9.67 Å². The van der Waals surface area contributed by atoms with Gasteiger partial charge >= 0.3 is 0 Å². The van der Waals surface area contributed by atoms with Gasteiger partial charge in [-0.25, -0.2) is 4.98 Å². The fourth-order valence-electron chi connectivity index (χ4n) is 3.10. The Labute approximate surface area is 174 Å². The van der Waals surface area contributed by atoms with Gasteiger partial charge in [0.25, 0.3) is 5.91 Å². The second kappa shape index (κ2) is 6.95. The van der Waals surface area contributed by atoms with Crippen molar-refractivity contribution in [2.24, 2.45) is 0 Å². The van der Waals surface area contributed by atoms with Crippen molar-refractivity contribution in [1.29, 1.82) is 0 Å². The summed E-state index contributed by atoms with van der Waals surface area (Å²) in [6, 6.07) is 16.3. The Morgan fingerprint density at radius 2 is 1.86 bits per heavy atom. The number of anilines is 2. The number of carbonyl (C=O) groups excluding carboxylic acids is 1. The molecule has 0 saturated heterocycles. The van der Waals surface area contributed by atoms with Crippen molar-refractivity contribution in [3.05, 3.63) is 64.5 Å². The van der Waals surface area contributed by atoms with Crippen molar-refractivity contribution in [3.8, 4) is 22.8 Å². The van der Waals surface area contributed by atoms with E-state index < -0.39 is 0 Å². The van der Waals surface area contributed by atoms with Gasteiger partial charge in [-0.1, -0.05) is 11.6 Å². The summed E-state index contributed by atoms with van der Waals surface area (Å²) in [6.07, 6.45) is 0. The summed E-state index contributed by atoms with van der Waals surface area (Å²) in [7, 11) is 0. The van der Waals surface area contributed by atoms with Gasteiger partial charge in [0.05, 0.1) is 11.4 Å². The van der Waals surface area contributed by atoms with Crippen molar-refractivity contribution in [1.82, 2.24) is 4.98 Å². The molecule has 0 unspecified atom stereocenters. The molecule has 29 heavy (non-hydrogen) atoms. The molecular weight excluding hydrogens is 410 g/mol. The number of thiophene rings is 1. The second-order valence-electron chi connectivity index (χ2n) is 6.42. The molecule has 6 nitrogen and oxygen atoms in total. The number of halogens is 1. The van der Waals surface area contributed by atoms with Crippen LogP contribution in [0.3, 0.4) is 0 Å². The molecule has 0 saturated carbocycles. The molecule has 0 fully saturated rings. The smallest absolute Gasteiger partial charge is 0.267 e. The van der Waals surface area contributed by atoms with E-state index >= 15 is 0 Å². The largest absolute Gasteiger partial charge is 0.454 e. The third-order valence-electron chi connectivity index (χ3n) is 4.57. The number of nitrogens with two attached hydrogens (primary N) is 1. The lowest BCUT2D eigenvalue weighted by Crippen LogP contribution is -2.11. The Hall–Kier alpha value is -3.29. The number of fused-ring (bicyclic) bond motifs is 2. The topological polar surface area (TPSA) is 86.5 Å². The number of hydrogen-bond acceptors (Lipinski definition) is 6. The Morgan fingerprint density at radius 1 is 1.07 bits per heavy atom. The molecule has 144 valence electrons. The predicted octanol–water partition coefficient (Wildman–Crippen LogP) is 5.18. The van der Waals surface area contributed by atoms with E-state index in [9.17, 15) is 4.79 Å². The molecule has 3 heterocycles. The maximum atomic E-state index is 12.7. The van der Waals surface area contributed by atoms with E-state index in [0.717, 1.165) is 22.4 Å². The molecule has 0 aliphatic carbocycles. The third-order valence-corrected chi connectivity index (χ3v) is 5.94. The van der Waals surface area contributed by atoms with Gasteiger partial charge in [-0.2, -0.15) is 0 Å². The molecule has 4 aromatic rings. The van der Waals surface area contributed by atoms with Crippen molar-refractivity contribution in [2.45, 2.75) is 0 Å². The minimum atomic E-state index is -0.280. The standard InChI is InChI=1S/C21H14ClN3O3S/c22-12-2-4-13(5-3-12)24-20(26)19-18(23)14-6-7-15(25-21(14)29-19)11-1-8-16-17(9-11)28-10-27-16/h1-9H,10,23H2,(H,24,26). The summed E-state index contributed by atoms with van der Waals surface area (Å²) in [5, 5.41) is 4.19. The number of carbonyl (C=O) groups is 1. The minimum Gasteiger partial charge on any atom is -0.454 e.